The molecule has 0 saturated heterocycles. The molecule has 1 atom stereocenters. The number of halogens is 1. The molecule has 1 N–H and O–H groups in total. The first kappa shape index (κ1) is 26.9. The van der Waals surface area contributed by atoms with Crippen LogP contribution in [0.15, 0.2) is 82.5 Å². The zero-order chi connectivity index (χ0) is 28.7. The van der Waals surface area contributed by atoms with E-state index in [1.165, 1.54) is 23.3 Å². The number of thiazole rings is 1. The summed E-state index contributed by atoms with van der Waals surface area (Å²) in [5.74, 6) is -1.01. The van der Waals surface area contributed by atoms with Crippen molar-refractivity contribution in [3.05, 3.63) is 94.4 Å². The average molecular weight is 589 g/mol. The third-order valence-electron chi connectivity index (χ3n) is 6.89. The van der Waals surface area contributed by atoms with E-state index >= 15 is 0 Å². The van der Waals surface area contributed by atoms with Gasteiger partial charge in [0, 0.05) is 10.4 Å². The topological polar surface area (TPSA) is 102 Å². The molecular weight excluding hydrogens is 564 g/mol. The van der Waals surface area contributed by atoms with Gasteiger partial charge in [0.15, 0.2) is 28.0 Å². The van der Waals surface area contributed by atoms with E-state index in [0.29, 0.717) is 50.3 Å². The lowest BCUT2D eigenvalue weighted by molar-refractivity contribution is -0.117. The number of amides is 1. The van der Waals surface area contributed by atoms with E-state index in [4.69, 9.17) is 25.5 Å². The average Bonchev–Trinajstić information content (AvgIpc) is 3.67. The summed E-state index contributed by atoms with van der Waals surface area (Å²) < 4.78 is 18.0. The smallest absolute Gasteiger partial charge is 0.296 e. The largest absolute Gasteiger partial charge is 0.503 e. The summed E-state index contributed by atoms with van der Waals surface area (Å²) >= 11 is 7.43. The van der Waals surface area contributed by atoms with E-state index in [2.05, 4.69) is 11.9 Å². The Morgan fingerprint density at radius 2 is 1.98 bits per heavy atom. The Labute approximate surface area is 244 Å². The van der Waals surface area contributed by atoms with Crippen LogP contribution < -0.4 is 14.4 Å². The number of benzene rings is 3. The van der Waals surface area contributed by atoms with Gasteiger partial charge in [-0.3, -0.25) is 14.5 Å². The van der Waals surface area contributed by atoms with Crippen LogP contribution in [0.4, 0.5) is 5.13 Å². The minimum Gasteiger partial charge on any atom is -0.503 e. The molecule has 0 bridgehead atoms. The number of hydrogen-bond donors (Lipinski definition) is 1. The molecule has 6 rings (SSSR count). The number of unbranched alkanes of at least 4 members (excludes halogenated alkanes) is 1. The van der Waals surface area contributed by atoms with Crippen molar-refractivity contribution >= 4 is 60.9 Å². The van der Waals surface area contributed by atoms with Crippen molar-refractivity contribution < 1.29 is 28.6 Å². The fraction of sp³-hybridized carbons (Fsp3) is 0.194. The second kappa shape index (κ2) is 10.9. The highest BCUT2D eigenvalue weighted by molar-refractivity contribution is 7.22. The summed E-state index contributed by atoms with van der Waals surface area (Å²) in [4.78, 5) is 33.7. The van der Waals surface area contributed by atoms with E-state index in [-0.39, 0.29) is 11.3 Å². The van der Waals surface area contributed by atoms with Crippen molar-refractivity contribution in [2.75, 3.05) is 18.6 Å². The van der Waals surface area contributed by atoms with Crippen molar-refractivity contribution in [3.8, 4) is 11.5 Å². The lowest BCUT2D eigenvalue weighted by atomic mass is 9.95. The van der Waals surface area contributed by atoms with Crippen LogP contribution in [-0.4, -0.2) is 35.5 Å². The lowest BCUT2D eigenvalue weighted by Gasteiger charge is -2.24. The number of Topliss-reactive ketones (excluding diaryl/α,β-unsaturated/α-hetero) is 1. The zero-order valence-electron chi connectivity index (χ0n) is 22.2. The Bertz CT molecular complexity index is 1840. The summed E-state index contributed by atoms with van der Waals surface area (Å²) in [6, 6.07) is 18.3. The van der Waals surface area contributed by atoms with Crippen LogP contribution in [0.3, 0.4) is 0 Å². The molecule has 3 aromatic carbocycles. The zero-order valence-corrected chi connectivity index (χ0v) is 23.8. The highest BCUT2D eigenvalue weighted by Gasteiger charge is 2.46. The van der Waals surface area contributed by atoms with E-state index in [1.54, 1.807) is 60.7 Å². The number of ketones is 1. The summed E-state index contributed by atoms with van der Waals surface area (Å²) in [6.07, 6.45) is 1.86. The quantitative estimate of drug-likeness (QED) is 0.139. The van der Waals surface area contributed by atoms with E-state index in [0.717, 1.165) is 17.5 Å². The highest BCUT2D eigenvalue weighted by Crippen LogP contribution is 2.45. The number of methoxy groups -OCH3 is 1. The van der Waals surface area contributed by atoms with Crippen molar-refractivity contribution in [1.82, 2.24) is 4.98 Å². The van der Waals surface area contributed by atoms with Gasteiger partial charge in [-0.05, 0) is 54.4 Å². The standard InChI is InChI=1S/C31H25ClN2O6S/c1-3-4-13-39-20-9-5-7-17(14-20)26-25(27(35)23-15-18-8-6-10-22(38-2)29(18)40-23)28(36)30(37)34(26)31-33-21-12-11-19(32)16-24(21)41-31/h5-12,14-16,26,36H,3-4,13H2,1-2H3. The maximum absolute atomic E-state index is 14.0. The van der Waals surface area contributed by atoms with Gasteiger partial charge in [-0.1, -0.05) is 60.5 Å². The molecule has 10 heteroatoms. The van der Waals surface area contributed by atoms with E-state index in [1.807, 2.05) is 6.07 Å². The third-order valence-corrected chi connectivity index (χ3v) is 8.14. The van der Waals surface area contributed by atoms with E-state index in [9.17, 15) is 14.7 Å². The summed E-state index contributed by atoms with van der Waals surface area (Å²) in [7, 11) is 1.51. The number of hydrogen-bond acceptors (Lipinski definition) is 8. The first-order valence-electron chi connectivity index (χ1n) is 13.1. The molecule has 208 valence electrons. The van der Waals surface area contributed by atoms with Gasteiger partial charge in [0.2, 0.25) is 5.78 Å². The number of carbonyl (C=O) groups is 2. The maximum atomic E-state index is 14.0. The predicted octanol–water partition coefficient (Wildman–Crippen LogP) is 7.67. The second-order valence-electron chi connectivity index (χ2n) is 9.54. The number of furan rings is 1. The molecule has 1 aliphatic rings. The summed E-state index contributed by atoms with van der Waals surface area (Å²) in [6.45, 7) is 2.60. The van der Waals surface area contributed by atoms with Crippen LogP contribution in [0.25, 0.3) is 21.2 Å². The normalized spacial score (nSPS) is 15.3. The van der Waals surface area contributed by atoms with Crippen molar-refractivity contribution in [3.63, 3.8) is 0 Å². The molecule has 0 saturated carbocycles. The fourth-order valence-corrected chi connectivity index (χ4v) is 6.16. The van der Waals surface area contributed by atoms with Gasteiger partial charge in [-0.15, -0.1) is 0 Å². The van der Waals surface area contributed by atoms with Gasteiger partial charge in [-0.2, -0.15) is 0 Å². The number of aromatic nitrogens is 1. The first-order chi connectivity index (χ1) is 19.9. The molecule has 1 amide bonds. The third kappa shape index (κ3) is 4.81. The van der Waals surface area contributed by atoms with Crippen LogP contribution in [0.2, 0.25) is 5.02 Å². The second-order valence-corrected chi connectivity index (χ2v) is 11.0. The van der Waals surface area contributed by atoms with Gasteiger partial charge in [-0.25, -0.2) is 4.98 Å². The molecule has 0 fully saturated rings. The Morgan fingerprint density at radius 3 is 2.78 bits per heavy atom. The Hall–Kier alpha value is -4.34. The van der Waals surface area contributed by atoms with Crippen LogP contribution in [0.5, 0.6) is 11.5 Å². The van der Waals surface area contributed by atoms with Crippen molar-refractivity contribution in [1.29, 1.82) is 0 Å². The molecule has 1 aliphatic heterocycles. The fourth-order valence-electron chi connectivity index (χ4n) is 4.89. The number of nitrogens with zero attached hydrogens (tertiary/aromatic N) is 2. The van der Waals surface area contributed by atoms with Crippen molar-refractivity contribution in [2.24, 2.45) is 0 Å². The highest BCUT2D eigenvalue weighted by atomic mass is 35.5. The molecule has 5 aromatic rings. The number of ether oxygens (including phenoxy) is 2. The Morgan fingerprint density at radius 1 is 1.15 bits per heavy atom. The molecule has 41 heavy (non-hydrogen) atoms. The monoisotopic (exact) mass is 588 g/mol. The summed E-state index contributed by atoms with van der Waals surface area (Å²) in [5, 5.41) is 12.7. The molecule has 0 spiro atoms. The van der Waals surface area contributed by atoms with Gasteiger partial charge in [0.05, 0.1) is 35.5 Å². The molecule has 1 unspecified atom stereocenters. The van der Waals surface area contributed by atoms with Crippen LogP contribution in [0.1, 0.15) is 41.9 Å². The molecular formula is C31H25ClN2O6S. The molecule has 0 radical (unpaired) electrons. The Balaban J connectivity index is 1.48. The Kier molecular flexibility index (Phi) is 7.15. The molecule has 0 aliphatic carbocycles. The number of aliphatic hydroxyl groups excluding tert-OH is 1. The number of para-hydroxylation sites is 1. The minimum absolute atomic E-state index is 0.0304. The lowest BCUT2D eigenvalue weighted by Crippen LogP contribution is -2.31. The van der Waals surface area contributed by atoms with Gasteiger partial charge < -0.3 is 19.0 Å². The number of carbonyl (C=O) groups excluding carboxylic acids is 2. The van der Waals surface area contributed by atoms with E-state index < -0.39 is 23.5 Å². The van der Waals surface area contributed by atoms with Crippen molar-refractivity contribution in [2.45, 2.75) is 25.8 Å². The number of rotatable bonds is 9. The van der Waals surface area contributed by atoms with Crippen LogP contribution in [0, 0.1) is 0 Å². The molecule has 8 nitrogen and oxygen atoms in total. The maximum Gasteiger partial charge on any atom is 0.296 e. The predicted molar refractivity (Wildman–Crippen MR) is 158 cm³/mol. The molecule has 3 heterocycles. The van der Waals surface area contributed by atoms with Crippen LogP contribution >= 0.6 is 22.9 Å². The van der Waals surface area contributed by atoms with Gasteiger partial charge >= 0.3 is 0 Å². The number of fused-ring (bicyclic) bond motifs is 2. The minimum atomic E-state index is -0.990. The first-order valence-corrected chi connectivity index (χ1v) is 14.3. The van der Waals surface area contributed by atoms with Gasteiger partial charge in [0.25, 0.3) is 5.91 Å². The number of anilines is 1. The van der Waals surface area contributed by atoms with Gasteiger partial charge in [0.1, 0.15) is 5.75 Å². The SMILES string of the molecule is CCCCOc1cccc(C2C(C(=O)c3cc4cccc(OC)c4o3)=C(O)C(=O)N2c2nc3ccc(Cl)cc3s2)c1. The molecule has 2 aromatic heterocycles. The summed E-state index contributed by atoms with van der Waals surface area (Å²) in [5.41, 5.74) is 1.49. The van der Waals surface area contributed by atoms with Crippen LogP contribution in [-0.2, 0) is 4.79 Å². The number of aliphatic hydroxyl groups is 1.